The molecule has 0 radical (unpaired) electrons. The van der Waals surface area contributed by atoms with Gasteiger partial charge in [0, 0.05) is 12.3 Å². The lowest BCUT2D eigenvalue weighted by molar-refractivity contribution is 0.365. The van der Waals surface area contributed by atoms with Gasteiger partial charge in [-0.3, -0.25) is 0 Å². The number of nitrogens with zero attached hydrogens (tertiary/aromatic N) is 4. The summed E-state index contributed by atoms with van der Waals surface area (Å²) in [7, 11) is 0. The average Bonchev–Trinajstić information content (AvgIpc) is 3.31. The van der Waals surface area contributed by atoms with Gasteiger partial charge >= 0.3 is 0 Å². The third kappa shape index (κ3) is 8.87. The van der Waals surface area contributed by atoms with Gasteiger partial charge in [-0.15, -0.1) is 0 Å². The van der Waals surface area contributed by atoms with Gasteiger partial charge in [-0.05, 0) is 6.42 Å². The predicted molar refractivity (Wildman–Crippen MR) is 121 cm³/mol. The van der Waals surface area contributed by atoms with Gasteiger partial charge in [-0.25, -0.2) is 0 Å². The van der Waals surface area contributed by atoms with E-state index in [9.17, 15) is 0 Å². The zero-order valence-corrected chi connectivity index (χ0v) is 21.1. The Morgan fingerprint density at radius 1 is 0.733 bits per heavy atom. The van der Waals surface area contributed by atoms with Crippen molar-refractivity contribution in [3.8, 4) is 0 Å². The molecule has 0 amide bonds. The van der Waals surface area contributed by atoms with Crippen molar-refractivity contribution in [1.82, 2.24) is 20.3 Å². The predicted octanol–water partition coefficient (Wildman–Crippen LogP) is 7.96. The maximum absolute atomic E-state index is 5.84. The van der Waals surface area contributed by atoms with Crippen molar-refractivity contribution < 1.29 is 9.05 Å². The molecule has 30 heavy (non-hydrogen) atoms. The average molecular weight is 541 g/mol. The van der Waals surface area contributed by atoms with E-state index in [1.807, 2.05) is 0 Å². The molecule has 0 N–H and O–H groups in total. The molecule has 1 unspecified atom stereocenters. The number of halogens is 6. The lowest BCUT2D eigenvalue weighted by Crippen LogP contribution is -2.09. The molecular weight excluding hydrogens is 517 g/mol. The summed E-state index contributed by atoms with van der Waals surface area (Å²) in [6, 6.07) is 0. The second kappa shape index (κ2) is 12.3. The zero-order valence-electron chi connectivity index (χ0n) is 16.5. The quantitative estimate of drug-likeness (QED) is 0.201. The molecule has 0 fully saturated rings. The molecule has 1 atom stereocenters. The van der Waals surface area contributed by atoms with Crippen molar-refractivity contribution in [3.63, 3.8) is 0 Å². The summed E-state index contributed by atoms with van der Waals surface area (Å²) in [5.74, 6) is 0.457. The number of unbranched alkanes of at least 4 members (excludes halogenated alkanes) is 7. The van der Waals surface area contributed by atoms with Gasteiger partial charge in [-0.1, -0.05) is 138 Å². The molecule has 170 valence electrons. The number of alkyl halides is 6. The van der Waals surface area contributed by atoms with E-state index in [1.54, 1.807) is 0 Å². The van der Waals surface area contributed by atoms with Crippen LogP contribution in [0.4, 0.5) is 0 Å². The monoisotopic (exact) mass is 538 g/mol. The number of rotatable bonds is 12. The topological polar surface area (TPSA) is 77.8 Å². The van der Waals surface area contributed by atoms with Crippen molar-refractivity contribution in [2.24, 2.45) is 0 Å². The molecule has 2 aromatic rings. The second-order valence-electron chi connectivity index (χ2n) is 7.13. The SMILES string of the molecule is CCCCCCCCCCC(Cc1noc(C(Cl)(Cl)Cl)n1)c1noc(C(Cl)(Cl)Cl)n1. The fourth-order valence-electron chi connectivity index (χ4n) is 3.04. The van der Waals surface area contributed by atoms with Gasteiger partial charge in [0.15, 0.2) is 11.6 Å². The van der Waals surface area contributed by atoms with Gasteiger partial charge in [0.05, 0.1) is 0 Å². The molecule has 6 nitrogen and oxygen atoms in total. The molecule has 0 bridgehead atoms. The maximum Gasteiger partial charge on any atom is 0.278 e. The van der Waals surface area contributed by atoms with Crippen molar-refractivity contribution in [1.29, 1.82) is 0 Å². The second-order valence-corrected chi connectivity index (χ2v) is 11.7. The normalized spacial score (nSPS) is 13.7. The van der Waals surface area contributed by atoms with E-state index in [4.69, 9.17) is 78.7 Å². The maximum atomic E-state index is 5.84. The number of hydrogen-bond donors (Lipinski definition) is 0. The number of hydrogen-bond acceptors (Lipinski definition) is 6. The Kier molecular flexibility index (Phi) is 10.8. The Balaban J connectivity index is 1.98. The van der Waals surface area contributed by atoms with E-state index in [0.29, 0.717) is 18.1 Å². The van der Waals surface area contributed by atoms with Crippen LogP contribution in [0.1, 0.15) is 94.1 Å². The van der Waals surface area contributed by atoms with E-state index < -0.39 is 7.59 Å². The summed E-state index contributed by atoms with van der Waals surface area (Å²) >= 11 is 34.9. The van der Waals surface area contributed by atoms with Gasteiger partial charge in [-0.2, -0.15) is 9.97 Å². The standard InChI is InChI=1S/C18H24Cl6N4O2/c1-2-3-4-5-6-7-8-9-10-12(14-26-16(30-28-14)18(22,23)24)11-13-25-15(29-27-13)17(19,20)21/h12H,2-11H2,1H3. The molecule has 2 heterocycles. The first-order chi connectivity index (χ1) is 14.1. The summed E-state index contributed by atoms with van der Waals surface area (Å²) < 4.78 is 6.56. The fraction of sp³-hybridized carbons (Fsp3) is 0.778. The minimum Gasteiger partial charge on any atom is -0.335 e. The molecule has 0 spiro atoms. The molecular formula is C18H24Cl6N4O2. The minimum absolute atomic E-state index is 0.0847. The third-order valence-electron chi connectivity index (χ3n) is 4.60. The van der Waals surface area contributed by atoms with Crippen molar-refractivity contribution in [2.45, 2.75) is 84.6 Å². The van der Waals surface area contributed by atoms with Crippen molar-refractivity contribution >= 4 is 69.6 Å². The van der Waals surface area contributed by atoms with Crippen LogP contribution in [0, 0.1) is 0 Å². The minimum atomic E-state index is -1.79. The molecule has 2 aromatic heterocycles. The Labute approximate surface area is 206 Å². The molecule has 2 rings (SSSR count). The van der Waals surface area contributed by atoms with E-state index >= 15 is 0 Å². The Morgan fingerprint density at radius 3 is 1.80 bits per heavy atom. The highest BCUT2D eigenvalue weighted by Gasteiger charge is 2.34. The van der Waals surface area contributed by atoms with Crippen LogP contribution >= 0.6 is 69.6 Å². The fourth-order valence-corrected chi connectivity index (χ4v) is 3.50. The van der Waals surface area contributed by atoms with Gasteiger partial charge in [0.25, 0.3) is 19.4 Å². The lowest BCUT2D eigenvalue weighted by atomic mass is 9.96. The first-order valence-electron chi connectivity index (χ1n) is 9.91. The Morgan fingerprint density at radius 2 is 1.27 bits per heavy atom. The molecule has 12 heteroatoms. The smallest absolute Gasteiger partial charge is 0.278 e. The third-order valence-corrected chi connectivity index (χ3v) is 5.57. The number of aromatic nitrogens is 4. The van der Waals surface area contributed by atoms with Crippen LogP contribution in [0.2, 0.25) is 0 Å². The molecule has 0 aliphatic rings. The van der Waals surface area contributed by atoms with Crippen LogP contribution in [0.3, 0.4) is 0 Å². The van der Waals surface area contributed by atoms with Crippen LogP contribution in [0.25, 0.3) is 0 Å². The Hall–Kier alpha value is 0.0200. The Bertz CT molecular complexity index is 756. The first-order valence-corrected chi connectivity index (χ1v) is 12.2. The van der Waals surface area contributed by atoms with E-state index in [-0.39, 0.29) is 17.7 Å². The lowest BCUT2D eigenvalue weighted by Gasteiger charge is -2.11. The summed E-state index contributed by atoms with van der Waals surface area (Å²) in [6.07, 6.45) is 10.8. The van der Waals surface area contributed by atoms with E-state index in [2.05, 4.69) is 27.2 Å². The van der Waals surface area contributed by atoms with E-state index in [0.717, 1.165) is 19.3 Å². The summed E-state index contributed by atoms with van der Waals surface area (Å²) in [6.45, 7) is 2.21. The van der Waals surface area contributed by atoms with Gasteiger partial charge < -0.3 is 9.05 Å². The molecule has 0 aliphatic heterocycles. The van der Waals surface area contributed by atoms with Crippen LogP contribution in [-0.4, -0.2) is 20.3 Å². The highest BCUT2D eigenvalue weighted by molar-refractivity contribution is 6.66. The highest BCUT2D eigenvalue weighted by Crippen LogP contribution is 2.39. The van der Waals surface area contributed by atoms with Crippen LogP contribution in [-0.2, 0) is 14.0 Å². The first kappa shape index (κ1) is 26.3. The largest absolute Gasteiger partial charge is 0.335 e. The molecule has 0 aromatic carbocycles. The highest BCUT2D eigenvalue weighted by atomic mass is 35.6. The summed E-state index contributed by atoms with van der Waals surface area (Å²) in [5.41, 5.74) is 0. The zero-order chi connectivity index (χ0) is 22.2. The molecule has 0 aliphatic carbocycles. The van der Waals surface area contributed by atoms with E-state index in [1.165, 1.54) is 38.5 Å². The summed E-state index contributed by atoms with van der Waals surface area (Å²) in [5, 5.41) is 7.87. The van der Waals surface area contributed by atoms with Crippen LogP contribution in [0.15, 0.2) is 9.05 Å². The van der Waals surface area contributed by atoms with Gasteiger partial charge in [0.2, 0.25) is 0 Å². The van der Waals surface area contributed by atoms with Gasteiger partial charge in [0.1, 0.15) is 0 Å². The van der Waals surface area contributed by atoms with Crippen LogP contribution < -0.4 is 0 Å². The van der Waals surface area contributed by atoms with Crippen molar-refractivity contribution in [2.75, 3.05) is 0 Å². The van der Waals surface area contributed by atoms with Crippen molar-refractivity contribution in [3.05, 3.63) is 23.4 Å². The molecule has 0 saturated carbocycles. The summed E-state index contributed by atoms with van der Waals surface area (Å²) in [4.78, 5) is 8.40. The van der Waals surface area contributed by atoms with Crippen LogP contribution in [0.5, 0.6) is 0 Å². The molecule has 0 saturated heterocycles.